The molecule has 0 heterocycles. The molecule has 7 heteroatoms. The van der Waals surface area contributed by atoms with Crippen LogP contribution in [0.1, 0.15) is 0 Å². The summed E-state index contributed by atoms with van der Waals surface area (Å²) in [6.45, 7) is 3.18. The van der Waals surface area contributed by atoms with Gasteiger partial charge in [-0.3, -0.25) is 4.79 Å². The Bertz CT molecular complexity index is 446. The van der Waals surface area contributed by atoms with Gasteiger partial charge in [-0.1, -0.05) is 18.2 Å². The van der Waals surface area contributed by atoms with E-state index in [4.69, 9.17) is 11.6 Å². The lowest BCUT2D eigenvalue weighted by molar-refractivity contribution is -0.274. The molecule has 0 spiro atoms. The van der Waals surface area contributed by atoms with E-state index in [-0.39, 0.29) is 10.7 Å². The van der Waals surface area contributed by atoms with Gasteiger partial charge in [-0.05, 0) is 18.2 Å². The van der Waals surface area contributed by atoms with Crippen molar-refractivity contribution in [3.8, 4) is 5.75 Å². The van der Waals surface area contributed by atoms with Crippen LogP contribution >= 0.6 is 11.6 Å². The van der Waals surface area contributed by atoms with Crippen molar-refractivity contribution in [2.45, 2.75) is 6.36 Å². The zero-order chi connectivity index (χ0) is 13.1. The van der Waals surface area contributed by atoms with Gasteiger partial charge in [0.05, 0.1) is 5.69 Å². The number of hydrogen-bond acceptors (Lipinski definition) is 2. The first-order chi connectivity index (χ1) is 7.81. The van der Waals surface area contributed by atoms with Gasteiger partial charge in [-0.15, -0.1) is 13.2 Å². The average Bonchev–Trinajstić information content (AvgIpc) is 2.19. The summed E-state index contributed by atoms with van der Waals surface area (Å²) >= 11 is 5.54. The van der Waals surface area contributed by atoms with Crippen LogP contribution in [-0.4, -0.2) is 12.3 Å². The molecule has 0 saturated heterocycles. The second-order valence-electron chi connectivity index (χ2n) is 2.88. The summed E-state index contributed by atoms with van der Waals surface area (Å²) in [4.78, 5) is 11.0. The molecule has 0 aromatic heterocycles. The zero-order valence-electron chi connectivity index (χ0n) is 8.34. The number of ether oxygens (including phenoxy) is 1. The second kappa shape index (κ2) is 5.09. The molecule has 0 unspecified atom stereocenters. The number of carbonyl (C=O) groups excluding carboxylic acids is 1. The summed E-state index contributed by atoms with van der Waals surface area (Å²) in [6.07, 6.45) is -3.94. The Kier molecular flexibility index (Phi) is 4.01. The monoisotopic (exact) mass is 265 g/mol. The van der Waals surface area contributed by atoms with Crippen LogP contribution in [0.5, 0.6) is 5.75 Å². The van der Waals surface area contributed by atoms with Crippen LogP contribution in [0.2, 0.25) is 5.02 Å². The maximum Gasteiger partial charge on any atom is 0.573 e. The average molecular weight is 266 g/mol. The van der Waals surface area contributed by atoms with Crippen molar-refractivity contribution < 1.29 is 22.7 Å². The summed E-state index contributed by atoms with van der Waals surface area (Å²) in [5.74, 6) is -1.24. The Balaban J connectivity index is 3.03. The van der Waals surface area contributed by atoms with E-state index in [2.05, 4.69) is 16.6 Å². The van der Waals surface area contributed by atoms with Crippen molar-refractivity contribution in [3.63, 3.8) is 0 Å². The highest BCUT2D eigenvalue weighted by atomic mass is 35.5. The lowest BCUT2D eigenvalue weighted by atomic mass is 10.3. The van der Waals surface area contributed by atoms with E-state index in [1.165, 1.54) is 12.1 Å². The van der Waals surface area contributed by atoms with Crippen LogP contribution in [0.15, 0.2) is 30.9 Å². The zero-order valence-corrected chi connectivity index (χ0v) is 9.10. The highest BCUT2D eigenvalue weighted by molar-refractivity contribution is 6.30. The molecule has 1 aromatic rings. The van der Waals surface area contributed by atoms with Gasteiger partial charge in [0.1, 0.15) is 0 Å². The van der Waals surface area contributed by atoms with E-state index >= 15 is 0 Å². The third kappa shape index (κ3) is 4.36. The molecule has 0 saturated carbocycles. The van der Waals surface area contributed by atoms with Gasteiger partial charge in [0, 0.05) is 11.1 Å². The van der Waals surface area contributed by atoms with Crippen LogP contribution in [-0.2, 0) is 4.79 Å². The maximum atomic E-state index is 12.1. The fourth-order valence-corrected chi connectivity index (χ4v) is 1.15. The van der Waals surface area contributed by atoms with Gasteiger partial charge in [0.15, 0.2) is 5.75 Å². The highest BCUT2D eigenvalue weighted by Gasteiger charge is 2.32. The highest BCUT2D eigenvalue weighted by Crippen LogP contribution is 2.32. The minimum Gasteiger partial charge on any atom is -0.404 e. The Morgan fingerprint density at radius 1 is 1.47 bits per heavy atom. The predicted molar refractivity (Wildman–Crippen MR) is 57.0 cm³/mol. The lowest BCUT2D eigenvalue weighted by Crippen LogP contribution is -2.19. The quantitative estimate of drug-likeness (QED) is 0.851. The molecule has 3 nitrogen and oxygen atoms in total. The van der Waals surface area contributed by atoms with Crippen molar-refractivity contribution in [1.29, 1.82) is 0 Å². The number of amides is 1. The third-order valence-corrected chi connectivity index (χ3v) is 1.85. The summed E-state index contributed by atoms with van der Waals surface area (Å²) in [5.41, 5.74) is -0.142. The Labute approximate surface area is 99.8 Å². The SMILES string of the molecule is C=CC(=O)Nc1ccc(Cl)cc1OC(F)(F)F. The van der Waals surface area contributed by atoms with E-state index < -0.39 is 18.0 Å². The Morgan fingerprint density at radius 2 is 2.12 bits per heavy atom. The first kappa shape index (κ1) is 13.4. The minimum absolute atomic E-state index is 0.0563. The molecule has 0 aliphatic carbocycles. The Hall–Kier alpha value is -1.69. The van der Waals surface area contributed by atoms with Gasteiger partial charge >= 0.3 is 6.36 Å². The number of alkyl halides is 3. The fraction of sp³-hybridized carbons (Fsp3) is 0.100. The van der Waals surface area contributed by atoms with Crippen LogP contribution < -0.4 is 10.1 Å². The number of anilines is 1. The second-order valence-corrected chi connectivity index (χ2v) is 3.32. The number of halogens is 4. The van der Waals surface area contributed by atoms with E-state index in [1.807, 2.05) is 0 Å². The first-order valence-corrected chi connectivity index (χ1v) is 4.68. The molecule has 0 fully saturated rings. The van der Waals surface area contributed by atoms with Crippen molar-refractivity contribution in [2.24, 2.45) is 0 Å². The van der Waals surface area contributed by atoms with E-state index in [1.54, 1.807) is 0 Å². The van der Waals surface area contributed by atoms with E-state index in [0.717, 1.165) is 12.1 Å². The Morgan fingerprint density at radius 3 is 2.65 bits per heavy atom. The maximum absolute atomic E-state index is 12.1. The lowest BCUT2D eigenvalue weighted by Gasteiger charge is -2.13. The van der Waals surface area contributed by atoms with Crippen LogP contribution in [0.4, 0.5) is 18.9 Å². The molecule has 1 amide bonds. The number of carbonyl (C=O) groups is 1. The van der Waals surface area contributed by atoms with Crippen LogP contribution in [0, 0.1) is 0 Å². The number of nitrogens with one attached hydrogen (secondary N) is 1. The standard InChI is InChI=1S/C10H7ClF3NO2/c1-2-9(16)15-7-4-3-6(11)5-8(7)17-10(12,13)14/h2-5H,1H2,(H,15,16). The van der Waals surface area contributed by atoms with Crippen molar-refractivity contribution in [2.75, 3.05) is 5.32 Å². The molecule has 17 heavy (non-hydrogen) atoms. The molecule has 1 aromatic carbocycles. The molecule has 0 aliphatic rings. The first-order valence-electron chi connectivity index (χ1n) is 4.30. The molecular weight excluding hydrogens is 259 g/mol. The molecule has 1 rings (SSSR count). The van der Waals surface area contributed by atoms with Crippen LogP contribution in [0.3, 0.4) is 0 Å². The number of hydrogen-bond donors (Lipinski definition) is 1. The minimum atomic E-state index is -4.86. The van der Waals surface area contributed by atoms with Gasteiger partial charge in [0.25, 0.3) is 0 Å². The number of rotatable bonds is 3. The third-order valence-electron chi connectivity index (χ3n) is 1.61. The summed E-state index contributed by atoms with van der Waals surface area (Å²) < 4.78 is 39.9. The van der Waals surface area contributed by atoms with Gasteiger partial charge in [-0.25, -0.2) is 0 Å². The van der Waals surface area contributed by atoms with Gasteiger partial charge in [0.2, 0.25) is 5.91 Å². The van der Waals surface area contributed by atoms with Gasteiger partial charge in [-0.2, -0.15) is 0 Å². The van der Waals surface area contributed by atoms with Crippen molar-refractivity contribution in [3.05, 3.63) is 35.9 Å². The van der Waals surface area contributed by atoms with Gasteiger partial charge < -0.3 is 10.1 Å². The predicted octanol–water partition coefficient (Wildman–Crippen LogP) is 3.36. The smallest absolute Gasteiger partial charge is 0.404 e. The largest absolute Gasteiger partial charge is 0.573 e. The van der Waals surface area contributed by atoms with Crippen LogP contribution in [0.25, 0.3) is 0 Å². The summed E-state index contributed by atoms with van der Waals surface area (Å²) in [7, 11) is 0. The molecule has 0 bridgehead atoms. The molecule has 0 radical (unpaired) electrons. The molecule has 1 N–H and O–H groups in total. The topological polar surface area (TPSA) is 38.3 Å². The van der Waals surface area contributed by atoms with E-state index in [0.29, 0.717) is 0 Å². The molecule has 92 valence electrons. The van der Waals surface area contributed by atoms with Crippen molar-refractivity contribution >= 4 is 23.2 Å². The van der Waals surface area contributed by atoms with Crippen molar-refractivity contribution in [1.82, 2.24) is 0 Å². The summed E-state index contributed by atoms with van der Waals surface area (Å²) in [6, 6.07) is 3.47. The molecular formula is C10H7ClF3NO2. The molecule has 0 atom stereocenters. The van der Waals surface area contributed by atoms with E-state index in [9.17, 15) is 18.0 Å². The summed E-state index contributed by atoms with van der Waals surface area (Å²) in [5, 5.41) is 2.23. The number of benzene rings is 1. The fourth-order valence-electron chi connectivity index (χ4n) is 0.992. The molecule has 0 aliphatic heterocycles. The normalized spacial score (nSPS) is 10.8.